The lowest BCUT2D eigenvalue weighted by atomic mass is 10.1. The van der Waals surface area contributed by atoms with Gasteiger partial charge in [0.2, 0.25) is 5.91 Å². The first-order valence-corrected chi connectivity index (χ1v) is 12.4. The minimum atomic E-state index is -0.359. The van der Waals surface area contributed by atoms with E-state index in [4.69, 9.17) is 24.6 Å². The van der Waals surface area contributed by atoms with Crippen LogP contribution in [0.4, 0.5) is 5.82 Å². The van der Waals surface area contributed by atoms with Crippen molar-refractivity contribution in [2.45, 2.75) is 45.6 Å². The minimum Gasteiger partial charge on any atom is -0.496 e. The highest BCUT2D eigenvalue weighted by Gasteiger charge is 2.22. The van der Waals surface area contributed by atoms with E-state index in [-0.39, 0.29) is 5.91 Å². The molecule has 0 aliphatic carbocycles. The lowest BCUT2D eigenvalue weighted by molar-refractivity contribution is -0.129. The number of ether oxygens (including phenoxy) is 2. The number of hydroxylamine groups is 1. The van der Waals surface area contributed by atoms with E-state index in [0.29, 0.717) is 55.6 Å². The van der Waals surface area contributed by atoms with E-state index in [1.165, 1.54) is 0 Å². The average molecular weight is 512 g/mol. The lowest BCUT2D eigenvalue weighted by Crippen LogP contribution is -2.37. The summed E-state index contributed by atoms with van der Waals surface area (Å²) >= 11 is 0. The van der Waals surface area contributed by atoms with Gasteiger partial charge in [-0.15, -0.1) is 0 Å². The molecular formula is C25H33N7O5. The molecule has 37 heavy (non-hydrogen) atoms. The molecule has 2 aromatic heterocycles. The minimum absolute atomic E-state index is 0.314. The Morgan fingerprint density at radius 1 is 1.19 bits per heavy atom. The summed E-state index contributed by atoms with van der Waals surface area (Å²) in [6.45, 7) is 5.10. The van der Waals surface area contributed by atoms with E-state index in [9.17, 15) is 10.0 Å². The van der Waals surface area contributed by atoms with Gasteiger partial charge in [-0.3, -0.25) is 10.0 Å². The number of fused-ring (bicyclic) bond motifs is 1. The van der Waals surface area contributed by atoms with Crippen LogP contribution in [0.3, 0.4) is 0 Å². The van der Waals surface area contributed by atoms with Crippen LogP contribution < -0.4 is 15.1 Å². The third kappa shape index (κ3) is 6.15. The zero-order valence-corrected chi connectivity index (χ0v) is 21.2. The summed E-state index contributed by atoms with van der Waals surface area (Å²) in [6, 6.07) is 5.57. The molecule has 0 atom stereocenters. The van der Waals surface area contributed by atoms with Gasteiger partial charge in [0.1, 0.15) is 5.75 Å². The quantitative estimate of drug-likeness (QED) is 0.116. The van der Waals surface area contributed by atoms with Crippen molar-refractivity contribution in [1.82, 2.24) is 25.0 Å². The first-order chi connectivity index (χ1) is 18.0. The van der Waals surface area contributed by atoms with Crippen molar-refractivity contribution < 1.29 is 24.7 Å². The Kier molecular flexibility index (Phi) is 8.86. The molecule has 1 aliphatic rings. The molecular weight excluding hydrogens is 478 g/mol. The SMILES string of the molecule is COc1ccc(-c2nc(N3CCOCC3)c3ncn(CCCCCCC(=O)NO)c3n2)cc1C(C)=NO. The predicted molar refractivity (Wildman–Crippen MR) is 137 cm³/mol. The van der Waals surface area contributed by atoms with E-state index >= 15 is 0 Å². The van der Waals surface area contributed by atoms with Gasteiger partial charge in [0.25, 0.3) is 0 Å². The van der Waals surface area contributed by atoms with Crippen LogP contribution in [0.25, 0.3) is 22.6 Å². The number of benzene rings is 1. The van der Waals surface area contributed by atoms with Gasteiger partial charge in [0.15, 0.2) is 22.8 Å². The van der Waals surface area contributed by atoms with E-state index < -0.39 is 0 Å². The Morgan fingerprint density at radius 2 is 1.97 bits per heavy atom. The topological polar surface area (TPSA) is 147 Å². The average Bonchev–Trinajstić information content (AvgIpc) is 3.36. The molecule has 12 heteroatoms. The van der Waals surface area contributed by atoms with E-state index in [0.717, 1.165) is 54.8 Å². The number of aryl methyl sites for hydroxylation is 1. The number of nitrogens with one attached hydrogen (secondary N) is 1. The molecule has 0 unspecified atom stereocenters. The molecule has 3 heterocycles. The van der Waals surface area contributed by atoms with Crippen LogP contribution in [-0.4, -0.2) is 75.0 Å². The molecule has 3 aromatic rings. The summed E-state index contributed by atoms with van der Waals surface area (Å²) in [4.78, 5) is 27.8. The van der Waals surface area contributed by atoms with E-state index in [2.05, 4.69) is 15.0 Å². The first-order valence-electron chi connectivity index (χ1n) is 12.4. The normalized spacial score (nSPS) is 14.2. The van der Waals surface area contributed by atoms with Gasteiger partial charge in [-0.1, -0.05) is 18.0 Å². The van der Waals surface area contributed by atoms with Gasteiger partial charge in [0, 0.05) is 37.2 Å². The van der Waals surface area contributed by atoms with Crippen molar-refractivity contribution in [3.05, 3.63) is 30.1 Å². The first kappa shape index (κ1) is 26.3. The maximum absolute atomic E-state index is 11.2. The highest BCUT2D eigenvalue weighted by Crippen LogP contribution is 2.30. The number of morpholine rings is 1. The number of nitrogens with zero attached hydrogens (tertiary/aromatic N) is 6. The molecule has 1 aromatic carbocycles. The molecule has 1 saturated heterocycles. The fraction of sp³-hybridized carbons (Fsp3) is 0.480. The molecule has 1 amide bonds. The molecule has 3 N–H and O–H groups in total. The number of carbonyl (C=O) groups is 1. The number of amides is 1. The number of hydrogen-bond donors (Lipinski definition) is 3. The number of hydrogen-bond acceptors (Lipinski definition) is 10. The van der Waals surface area contributed by atoms with Gasteiger partial charge in [-0.2, -0.15) is 0 Å². The van der Waals surface area contributed by atoms with Crippen molar-refractivity contribution in [2.24, 2.45) is 5.16 Å². The molecule has 0 radical (unpaired) electrons. The molecule has 0 bridgehead atoms. The molecule has 1 aliphatic heterocycles. The van der Waals surface area contributed by atoms with Gasteiger partial charge in [0.05, 0.1) is 32.4 Å². The third-order valence-electron chi connectivity index (χ3n) is 6.43. The van der Waals surface area contributed by atoms with Crippen molar-refractivity contribution in [3.63, 3.8) is 0 Å². The number of carbonyl (C=O) groups excluding carboxylic acids is 1. The second kappa shape index (κ2) is 12.5. The summed E-state index contributed by atoms with van der Waals surface area (Å²) < 4.78 is 13.0. The Balaban J connectivity index is 1.65. The zero-order chi connectivity index (χ0) is 26.2. The second-order valence-electron chi connectivity index (χ2n) is 8.88. The summed E-state index contributed by atoms with van der Waals surface area (Å²) in [6.07, 6.45) is 5.56. The number of unbranched alkanes of at least 4 members (excludes halogenated alkanes) is 3. The monoisotopic (exact) mass is 511 g/mol. The van der Waals surface area contributed by atoms with Crippen LogP contribution in [0, 0.1) is 0 Å². The Hall–Kier alpha value is -3.77. The Morgan fingerprint density at radius 3 is 2.70 bits per heavy atom. The number of methoxy groups -OCH3 is 1. The highest BCUT2D eigenvalue weighted by molar-refractivity contribution is 6.01. The zero-order valence-electron chi connectivity index (χ0n) is 21.2. The number of rotatable bonds is 11. The predicted octanol–water partition coefficient (Wildman–Crippen LogP) is 2.99. The van der Waals surface area contributed by atoms with Crippen molar-refractivity contribution in [3.8, 4) is 17.1 Å². The smallest absolute Gasteiger partial charge is 0.243 e. The fourth-order valence-corrected chi connectivity index (χ4v) is 4.38. The van der Waals surface area contributed by atoms with E-state index in [1.807, 2.05) is 22.8 Å². The second-order valence-corrected chi connectivity index (χ2v) is 8.88. The van der Waals surface area contributed by atoms with Crippen molar-refractivity contribution in [2.75, 3.05) is 38.3 Å². The number of aromatic nitrogens is 4. The van der Waals surface area contributed by atoms with Gasteiger partial charge in [-0.25, -0.2) is 20.4 Å². The van der Waals surface area contributed by atoms with Crippen LogP contribution in [0.5, 0.6) is 5.75 Å². The summed E-state index contributed by atoms with van der Waals surface area (Å²) in [5.74, 6) is 1.54. The van der Waals surface area contributed by atoms with Crippen molar-refractivity contribution in [1.29, 1.82) is 0 Å². The van der Waals surface area contributed by atoms with Gasteiger partial charge >= 0.3 is 0 Å². The molecule has 0 saturated carbocycles. The third-order valence-corrected chi connectivity index (χ3v) is 6.43. The highest BCUT2D eigenvalue weighted by atomic mass is 16.5. The summed E-state index contributed by atoms with van der Waals surface area (Å²) in [5.41, 5.74) is 5.00. The maximum atomic E-state index is 11.2. The number of oxime groups is 1. The number of anilines is 1. The Labute approximate surface area is 214 Å². The van der Waals surface area contributed by atoms with Crippen LogP contribution >= 0.6 is 0 Å². The van der Waals surface area contributed by atoms with Crippen LogP contribution in [-0.2, 0) is 16.1 Å². The van der Waals surface area contributed by atoms with Crippen LogP contribution in [0.1, 0.15) is 44.6 Å². The maximum Gasteiger partial charge on any atom is 0.243 e. The molecule has 4 rings (SSSR count). The fourth-order valence-electron chi connectivity index (χ4n) is 4.38. The largest absolute Gasteiger partial charge is 0.496 e. The standard InChI is InChI=1S/C25H33N7O5/c1-17(29-34)19-15-18(8-9-20(19)36-2)23-27-24(31-11-13-37-14-12-31)22-25(28-23)32(16-26-22)10-6-4-3-5-7-21(33)30-35/h8-9,15-16,34-35H,3-7,10-14H2,1-2H3,(H,30,33). The molecule has 1 fully saturated rings. The van der Waals surface area contributed by atoms with Crippen molar-refractivity contribution >= 4 is 28.6 Å². The number of imidazole rings is 1. The molecule has 12 nitrogen and oxygen atoms in total. The van der Waals surface area contributed by atoms with Gasteiger partial charge in [-0.05, 0) is 38.0 Å². The van der Waals surface area contributed by atoms with E-state index in [1.54, 1.807) is 25.8 Å². The molecule has 198 valence electrons. The van der Waals surface area contributed by atoms with Crippen LogP contribution in [0.15, 0.2) is 29.7 Å². The summed E-state index contributed by atoms with van der Waals surface area (Å²) in [5, 5.41) is 21.3. The summed E-state index contributed by atoms with van der Waals surface area (Å²) in [7, 11) is 1.57. The Bertz CT molecular complexity index is 1250. The van der Waals surface area contributed by atoms with Gasteiger partial charge < -0.3 is 24.1 Å². The lowest BCUT2D eigenvalue weighted by Gasteiger charge is -2.28. The van der Waals surface area contributed by atoms with Crippen LogP contribution in [0.2, 0.25) is 0 Å². The molecule has 0 spiro atoms.